The first kappa shape index (κ1) is 55.7. The van der Waals surface area contributed by atoms with E-state index in [2.05, 4.69) is 44.4 Å². The molecule has 0 saturated carbocycles. The minimum atomic E-state index is -0.327. The molecule has 5 heterocycles. The summed E-state index contributed by atoms with van der Waals surface area (Å²) in [7, 11) is 0. The van der Waals surface area contributed by atoms with Crippen molar-refractivity contribution in [3.63, 3.8) is 0 Å². The molecule has 6 aromatic carbocycles. The van der Waals surface area contributed by atoms with Crippen LogP contribution in [0.2, 0.25) is 0 Å². The summed E-state index contributed by atoms with van der Waals surface area (Å²) in [6.45, 7) is 15.2. The SMILES string of the molecule is C=C/C(=C\C)C(=O)Nc1cccc(-c2c3nc(c(-c4ccccc4NC(=O)/C(C=C)=C/C)c4ccc([nH]4)c(-c4ccccc4NC(=O)c4cccc(C)c4)c4nc(c(Cc5ccccc5NC(=O)c5cccc(C)c5)c5ccc2[nH]5)C=C4)C=C3)c1. The lowest BCUT2D eigenvalue weighted by Gasteiger charge is -2.14. The second kappa shape index (κ2) is 24.5. The molecule has 0 saturated heterocycles. The molecule has 4 amide bonds. The number of hydrogen-bond acceptors (Lipinski definition) is 6. The van der Waals surface area contributed by atoms with Gasteiger partial charge in [0.25, 0.3) is 23.6 Å². The number of benzene rings is 6. The summed E-state index contributed by atoms with van der Waals surface area (Å²) in [6, 6.07) is 53.7. The van der Waals surface area contributed by atoms with E-state index in [1.165, 1.54) is 12.2 Å². The Kier molecular flexibility index (Phi) is 16.0. The maximum absolute atomic E-state index is 14.2. The zero-order chi connectivity index (χ0) is 59.1. The van der Waals surface area contributed by atoms with Gasteiger partial charge in [-0.2, -0.15) is 0 Å². The number of nitrogens with one attached hydrogen (secondary N) is 6. The molecule has 6 N–H and O–H groups in total. The molecule has 2 aliphatic rings. The lowest BCUT2D eigenvalue weighted by Crippen LogP contribution is -2.13. The van der Waals surface area contributed by atoms with Gasteiger partial charge >= 0.3 is 0 Å². The van der Waals surface area contributed by atoms with Gasteiger partial charge in [-0.15, -0.1) is 0 Å². The number of allylic oxidation sites excluding steroid dienone is 2. The molecule has 0 aliphatic carbocycles. The van der Waals surface area contributed by atoms with Gasteiger partial charge < -0.3 is 31.2 Å². The molecule has 0 radical (unpaired) electrons. The standard InChI is InChI=1S/C73H60N8O4/c1-7-46(8-2)70(82)74-52-26-19-23-49(42-52)67-61-34-32-59(75-61)55(43-48-22-11-14-29-56(48)79-72(84)50-24-17-20-44(5)40-50)60-33-35-63(76-60)68(54-28-13-16-31-58(54)81-73(85)51-25-18-21-45(6)41-51)65-38-39-66(78-65)69(64-37-36-62(67)77-64)53-27-12-15-30-57(53)80-71(83)47(9-3)10-4/h7-42,75,78H,1,3,43H2,2,4-6H3,(H,74,82)(H,79,84)(H,80,83)(H,81,85)/b46-8+,47-10+,59-55?,60-55?,67-61?,67-62?,68-63?,68-65?,69-64?,69-66?. The van der Waals surface area contributed by atoms with Crippen LogP contribution in [0.1, 0.15) is 79.6 Å². The van der Waals surface area contributed by atoms with Gasteiger partial charge in [0.15, 0.2) is 0 Å². The first-order valence-corrected chi connectivity index (χ1v) is 27.9. The molecule has 9 aromatic rings. The van der Waals surface area contributed by atoms with Crippen LogP contribution >= 0.6 is 0 Å². The number of fused-ring (bicyclic) bond motifs is 8. The number of carbonyl (C=O) groups is 4. The largest absolute Gasteiger partial charge is 0.355 e. The molecule has 2 aliphatic heterocycles. The van der Waals surface area contributed by atoms with Crippen molar-refractivity contribution in [2.75, 3.05) is 21.3 Å². The molecule has 0 atom stereocenters. The highest BCUT2D eigenvalue weighted by atomic mass is 16.2. The average Bonchev–Trinajstić information content (AvgIpc) is 2.66. The number of hydrogen-bond donors (Lipinski definition) is 6. The first-order chi connectivity index (χ1) is 41.4. The minimum absolute atomic E-state index is 0.234. The molecule has 8 bridgehead atoms. The number of rotatable bonds is 15. The summed E-state index contributed by atoms with van der Waals surface area (Å²) in [5, 5.41) is 12.6. The second-order valence-corrected chi connectivity index (χ2v) is 20.6. The number of aromatic nitrogens is 4. The van der Waals surface area contributed by atoms with Gasteiger partial charge in [-0.1, -0.05) is 140 Å². The lowest BCUT2D eigenvalue weighted by atomic mass is 10.0. The second-order valence-electron chi connectivity index (χ2n) is 20.6. The van der Waals surface area contributed by atoms with E-state index in [1.807, 2.05) is 196 Å². The highest BCUT2D eigenvalue weighted by Gasteiger charge is 2.23. The van der Waals surface area contributed by atoms with Gasteiger partial charge in [0.2, 0.25) is 0 Å². The smallest absolute Gasteiger partial charge is 0.255 e. The van der Waals surface area contributed by atoms with Crippen LogP contribution in [-0.4, -0.2) is 43.6 Å². The number of H-pyrrole nitrogens is 2. The number of para-hydroxylation sites is 3. The van der Waals surface area contributed by atoms with E-state index in [-0.39, 0.29) is 23.6 Å². The Morgan fingerprint density at radius 1 is 0.459 bits per heavy atom. The van der Waals surface area contributed by atoms with Gasteiger partial charge in [0, 0.05) is 107 Å². The summed E-state index contributed by atoms with van der Waals surface area (Å²) in [4.78, 5) is 74.1. The van der Waals surface area contributed by atoms with E-state index < -0.39 is 0 Å². The van der Waals surface area contributed by atoms with Gasteiger partial charge in [-0.3, -0.25) is 19.2 Å². The van der Waals surface area contributed by atoms with Crippen LogP contribution in [0.15, 0.2) is 218 Å². The number of carbonyl (C=O) groups excluding carboxylic acids is 4. The molecule has 12 nitrogen and oxygen atoms in total. The van der Waals surface area contributed by atoms with Gasteiger partial charge in [0.1, 0.15) is 0 Å². The minimum Gasteiger partial charge on any atom is -0.355 e. The van der Waals surface area contributed by atoms with E-state index in [4.69, 9.17) is 9.97 Å². The Balaban J connectivity index is 1.21. The van der Waals surface area contributed by atoms with Crippen molar-refractivity contribution >= 4 is 92.7 Å². The third kappa shape index (κ3) is 11.8. The first-order valence-electron chi connectivity index (χ1n) is 27.9. The molecular formula is C73H60N8O4. The molecule has 3 aromatic heterocycles. The van der Waals surface area contributed by atoms with E-state index in [9.17, 15) is 19.2 Å². The van der Waals surface area contributed by atoms with E-state index >= 15 is 0 Å². The summed E-state index contributed by atoms with van der Waals surface area (Å²) in [5.74, 6) is -1.13. The molecule has 0 unspecified atom stereocenters. The molecule has 12 heteroatoms. The van der Waals surface area contributed by atoms with Crippen molar-refractivity contribution in [1.29, 1.82) is 0 Å². The molecular weight excluding hydrogens is 1050 g/mol. The fourth-order valence-corrected chi connectivity index (χ4v) is 10.7. The lowest BCUT2D eigenvalue weighted by molar-refractivity contribution is -0.113. The van der Waals surface area contributed by atoms with Crippen molar-refractivity contribution in [2.45, 2.75) is 34.1 Å². The van der Waals surface area contributed by atoms with Gasteiger partial charge in [0.05, 0.1) is 22.8 Å². The number of anilines is 4. The third-order valence-electron chi connectivity index (χ3n) is 14.9. The van der Waals surface area contributed by atoms with E-state index in [1.54, 1.807) is 38.1 Å². The van der Waals surface area contributed by atoms with Crippen molar-refractivity contribution < 1.29 is 19.2 Å². The summed E-state index contributed by atoms with van der Waals surface area (Å²) in [5.41, 5.74) is 17.3. The molecule has 0 spiro atoms. The van der Waals surface area contributed by atoms with Crippen LogP contribution in [0.25, 0.3) is 79.8 Å². The van der Waals surface area contributed by atoms with Crippen molar-refractivity contribution in [3.8, 4) is 33.4 Å². The Bertz CT molecular complexity index is 4530. The molecule has 85 heavy (non-hydrogen) atoms. The predicted molar refractivity (Wildman–Crippen MR) is 348 cm³/mol. The monoisotopic (exact) mass is 1110 g/mol. The Morgan fingerprint density at radius 3 is 1.49 bits per heavy atom. The Morgan fingerprint density at radius 2 is 0.918 bits per heavy atom. The summed E-state index contributed by atoms with van der Waals surface area (Å²) in [6.07, 6.45) is 14.7. The summed E-state index contributed by atoms with van der Waals surface area (Å²) >= 11 is 0. The van der Waals surface area contributed by atoms with Crippen LogP contribution in [0.4, 0.5) is 22.7 Å². The number of aromatic amines is 2. The number of nitrogens with zero attached hydrogens (tertiary/aromatic N) is 2. The highest BCUT2D eigenvalue weighted by Crippen LogP contribution is 2.41. The van der Waals surface area contributed by atoms with Crippen LogP contribution < -0.4 is 21.3 Å². The zero-order valence-corrected chi connectivity index (χ0v) is 47.4. The maximum atomic E-state index is 14.2. The number of amides is 4. The topological polar surface area (TPSA) is 174 Å². The third-order valence-corrected chi connectivity index (χ3v) is 14.9. The van der Waals surface area contributed by atoms with E-state index in [0.717, 1.165) is 38.9 Å². The highest BCUT2D eigenvalue weighted by molar-refractivity contribution is 6.11. The number of aryl methyl sites for hydroxylation is 2. The molecule has 11 rings (SSSR count). The van der Waals surface area contributed by atoms with Crippen LogP contribution in [0, 0.1) is 13.8 Å². The Labute approximate surface area is 492 Å². The van der Waals surface area contributed by atoms with Crippen LogP contribution in [-0.2, 0) is 16.0 Å². The predicted octanol–water partition coefficient (Wildman–Crippen LogP) is 16.5. The van der Waals surface area contributed by atoms with Crippen molar-refractivity contribution in [3.05, 3.63) is 275 Å². The van der Waals surface area contributed by atoms with Crippen molar-refractivity contribution in [2.24, 2.45) is 0 Å². The van der Waals surface area contributed by atoms with E-state index in [0.29, 0.717) is 113 Å². The summed E-state index contributed by atoms with van der Waals surface area (Å²) < 4.78 is 0. The van der Waals surface area contributed by atoms with Gasteiger partial charge in [-0.05, 0) is 142 Å². The quantitative estimate of drug-likeness (QED) is 0.0440. The van der Waals surface area contributed by atoms with Gasteiger partial charge in [-0.25, -0.2) is 9.97 Å². The average molecular weight is 1110 g/mol. The fourth-order valence-electron chi connectivity index (χ4n) is 10.7. The molecule has 416 valence electrons. The van der Waals surface area contributed by atoms with Crippen LogP contribution in [0.5, 0.6) is 0 Å². The molecule has 0 fully saturated rings. The zero-order valence-electron chi connectivity index (χ0n) is 47.4. The Hall–Kier alpha value is -11.2. The van der Waals surface area contributed by atoms with Crippen LogP contribution in [0.3, 0.4) is 0 Å². The normalized spacial score (nSPS) is 11.9. The maximum Gasteiger partial charge on any atom is 0.255 e. The van der Waals surface area contributed by atoms with Crippen molar-refractivity contribution in [1.82, 2.24) is 19.9 Å². The fraction of sp³-hybridized carbons (Fsp3) is 0.0685.